The van der Waals surface area contributed by atoms with Crippen molar-refractivity contribution in [3.63, 3.8) is 0 Å². The fourth-order valence-corrected chi connectivity index (χ4v) is 3.80. The maximum absolute atomic E-state index is 13.7. The van der Waals surface area contributed by atoms with Crippen molar-refractivity contribution in [2.24, 2.45) is 0 Å². The number of aryl methyl sites for hydroxylation is 1. The van der Waals surface area contributed by atoms with Crippen molar-refractivity contribution in [3.05, 3.63) is 105 Å². The lowest BCUT2D eigenvalue weighted by Gasteiger charge is -2.12. The Morgan fingerprint density at radius 1 is 1.15 bits per heavy atom. The van der Waals surface area contributed by atoms with E-state index >= 15 is 0 Å². The first-order valence-corrected chi connectivity index (χ1v) is 12.5. The zero-order valence-corrected chi connectivity index (χ0v) is 21.9. The lowest BCUT2D eigenvalue weighted by molar-refractivity contribution is -0.137. The Kier molecular flexibility index (Phi) is 10.4. The number of aliphatic carboxylic acids is 1. The van der Waals surface area contributed by atoms with Crippen molar-refractivity contribution in [1.29, 1.82) is 0 Å². The van der Waals surface area contributed by atoms with E-state index in [1.165, 1.54) is 34.9 Å². The number of nitrogens with zero attached hydrogens (tertiary/aromatic N) is 4. The van der Waals surface area contributed by atoms with Crippen LogP contribution < -0.4 is 16.1 Å². The summed E-state index contributed by atoms with van der Waals surface area (Å²) < 4.78 is 33.5. The van der Waals surface area contributed by atoms with Crippen molar-refractivity contribution < 1.29 is 23.2 Å². The number of carbonyl (C=O) groups is 1. The summed E-state index contributed by atoms with van der Waals surface area (Å²) in [4.78, 5) is 33.5. The molecule has 0 aliphatic carbocycles. The van der Waals surface area contributed by atoms with Gasteiger partial charge in [-0.25, -0.2) is 13.8 Å². The topological polar surface area (TPSA) is 111 Å². The summed E-state index contributed by atoms with van der Waals surface area (Å²) in [5.41, 5.74) is 0.670. The lowest BCUT2D eigenvalue weighted by Crippen LogP contribution is -2.48. The molecular weight excluding hydrogens is 506 g/mol. The zero-order chi connectivity index (χ0) is 28.4. The fourth-order valence-electron chi connectivity index (χ4n) is 3.80. The van der Waals surface area contributed by atoms with E-state index in [4.69, 9.17) is 14.6 Å². The molecule has 0 amide bonds. The summed E-state index contributed by atoms with van der Waals surface area (Å²) in [6.45, 7) is 7.18. The van der Waals surface area contributed by atoms with E-state index in [-0.39, 0.29) is 29.9 Å². The fraction of sp³-hybridized carbons (Fsp3) is 0.276. The van der Waals surface area contributed by atoms with Crippen LogP contribution >= 0.6 is 0 Å². The molecule has 10 heteroatoms. The summed E-state index contributed by atoms with van der Waals surface area (Å²) in [5, 5.41) is 13.7. The summed E-state index contributed by atoms with van der Waals surface area (Å²) >= 11 is 0. The molecule has 0 unspecified atom stereocenters. The number of hydrogen-bond donors (Lipinski definition) is 1. The largest absolute Gasteiger partial charge is 0.481 e. The third kappa shape index (κ3) is 8.26. The molecule has 0 saturated heterocycles. The molecule has 8 nitrogen and oxygen atoms in total. The summed E-state index contributed by atoms with van der Waals surface area (Å²) in [6, 6.07) is 6.00. The van der Waals surface area contributed by atoms with Gasteiger partial charge >= 0.3 is 5.97 Å². The van der Waals surface area contributed by atoms with Crippen molar-refractivity contribution in [1.82, 2.24) is 19.7 Å². The van der Waals surface area contributed by atoms with E-state index in [1.807, 2.05) is 0 Å². The van der Waals surface area contributed by atoms with Gasteiger partial charge in [-0.1, -0.05) is 42.1 Å². The van der Waals surface area contributed by atoms with E-state index in [0.717, 1.165) is 5.56 Å². The molecule has 0 aliphatic heterocycles. The second-order valence-electron chi connectivity index (χ2n) is 8.67. The molecule has 0 saturated carbocycles. The number of benzene rings is 1. The number of carboxylic acid groups (broad SMARTS) is 1. The van der Waals surface area contributed by atoms with Crippen molar-refractivity contribution in [2.45, 2.75) is 52.4 Å². The molecule has 3 rings (SSSR count). The quantitative estimate of drug-likeness (QED) is 0.276. The molecule has 0 spiro atoms. The number of unbranched alkanes of at least 4 members (excludes halogenated alkanes) is 1. The van der Waals surface area contributed by atoms with Crippen LogP contribution in [-0.4, -0.2) is 30.8 Å². The first-order chi connectivity index (χ1) is 18.7. The van der Waals surface area contributed by atoms with Crippen LogP contribution in [0.25, 0.3) is 17.8 Å². The second-order valence-corrected chi connectivity index (χ2v) is 8.67. The highest BCUT2D eigenvalue weighted by Crippen LogP contribution is 2.11. The van der Waals surface area contributed by atoms with E-state index in [2.05, 4.69) is 16.7 Å². The van der Waals surface area contributed by atoms with Crippen LogP contribution in [0.15, 0.2) is 64.2 Å². The van der Waals surface area contributed by atoms with Gasteiger partial charge in [0.2, 0.25) is 5.89 Å². The summed E-state index contributed by atoms with van der Waals surface area (Å²) in [6.07, 6.45) is 9.00. The molecule has 39 heavy (non-hydrogen) atoms. The van der Waals surface area contributed by atoms with Crippen LogP contribution in [0, 0.1) is 5.82 Å². The average Bonchev–Trinajstić information content (AvgIpc) is 3.36. The monoisotopic (exact) mass is 536 g/mol. The van der Waals surface area contributed by atoms with Crippen molar-refractivity contribution in [3.8, 4) is 0 Å². The minimum atomic E-state index is -0.904. The highest BCUT2D eigenvalue weighted by Gasteiger charge is 2.12. The first kappa shape index (κ1) is 29.1. The molecular formula is C29H30F2N4O4. The predicted molar refractivity (Wildman–Crippen MR) is 144 cm³/mol. The number of hydrogen-bond acceptors (Lipinski definition) is 6. The molecule has 0 bridgehead atoms. The standard InChI is InChI=1S/C29H30F2N4O4/c1-4-21(30)13-10-19(3)35-26(8-6-7-9-28(36)37)32-24(23(5-2)29(35)38)16-17-25-33-27(39-34-25)18-20-11-14-22(31)15-12-20/h4-5,10-16H,3,6-9,17-18H2,1-2H3,(H,36,37)/b13-10-,21-4+,23-5+,24-16+. The van der Waals surface area contributed by atoms with Crippen LogP contribution in [0.2, 0.25) is 0 Å². The van der Waals surface area contributed by atoms with Gasteiger partial charge in [0.05, 0.1) is 17.0 Å². The molecule has 3 aromatic rings. The normalized spacial score (nSPS) is 13.0. The van der Waals surface area contributed by atoms with Crippen molar-refractivity contribution >= 4 is 23.8 Å². The number of aromatic nitrogens is 4. The third-order valence-corrected chi connectivity index (χ3v) is 5.80. The molecule has 0 aliphatic rings. The SMILES string of the molecule is C=C(/C=C\C(F)=C/C)n1c(CCCCC(=O)O)nc(=C/Cc2noc(Cc3ccc(F)cc3)n2)/c(=C\C)c1=O. The highest BCUT2D eigenvalue weighted by atomic mass is 19.1. The minimum absolute atomic E-state index is 0.00449. The summed E-state index contributed by atoms with van der Waals surface area (Å²) in [5.74, 6) is -0.584. The van der Waals surface area contributed by atoms with E-state index < -0.39 is 11.8 Å². The highest BCUT2D eigenvalue weighted by molar-refractivity contribution is 5.66. The summed E-state index contributed by atoms with van der Waals surface area (Å²) in [7, 11) is 0. The average molecular weight is 537 g/mol. The van der Waals surface area contributed by atoms with Gasteiger partial charge in [-0.05, 0) is 56.5 Å². The Bertz CT molecular complexity index is 1570. The predicted octanol–water partition coefficient (Wildman–Crippen LogP) is 3.88. The Labute approximate surface area is 224 Å². The number of carboxylic acids is 1. The molecule has 0 fully saturated rings. The molecule has 2 aromatic heterocycles. The number of halogens is 2. The molecule has 1 N–H and O–H groups in total. The van der Waals surface area contributed by atoms with Crippen LogP contribution in [0.3, 0.4) is 0 Å². The molecule has 204 valence electrons. The van der Waals surface area contributed by atoms with Crippen LogP contribution in [0.4, 0.5) is 8.78 Å². The van der Waals surface area contributed by atoms with E-state index in [9.17, 15) is 18.4 Å². The van der Waals surface area contributed by atoms with Crippen LogP contribution in [-0.2, 0) is 24.1 Å². The Balaban J connectivity index is 1.94. The molecule has 0 radical (unpaired) electrons. The van der Waals surface area contributed by atoms with Gasteiger partial charge in [-0.3, -0.25) is 14.2 Å². The van der Waals surface area contributed by atoms with Gasteiger partial charge in [-0.2, -0.15) is 4.98 Å². The van der Waals surface area contributed by atoms with Gasteiger partial charge in [0.1, 0.15) is 17.5 Å². The third-order valence-electron chi connectivity index (χ3n) is 5.80. The van der Waals surface area contributed by atoms with Crippen molar-refractivity contribution in [2.75, 3.05) is 0 Å². The molecule has 0 atom stereocenters. The van der Waals surface area contributed by atoms with Gasteiger partial charge in [-0.15, -0.1) is 0 Å². The second kappa shape index (κ2) is 13.9. The van der Waals surface area contributed by atoms with E-state index in [0.29, 0.717) is 53.8 Å². The smallest absolute Gasteiger partial charge is 0.303 e. The molecule has 1 aromatic carbocycles. The minimum Gasteiger partial charge on any atom is -0.481 e. The maximum atomic E-state index is 13.7. The van der Waals surface area contributed by atoms with Crippen LogP contribution in [0.1, 0.15) is 56.2 Å². The lowest BCUT2D eigenvalue weighted by atomic mass is 10.1. The number of rotatable bonds is 12. The van der Waals surface area contributed by atoms with Gasteiger partial charge in [0.25, 0.3) is 5.56 Å². The van der Waals surface area contributed by atoms with Gasteiger partial charge < -0.3 is 9.63 Å². The van der Waals surface area contributed by atoms with Crippen LogP contribution in [0.5, 0.6) is 0 Å². The van der Waals surface area contributed by atoms with Gasteiger partial charge in [0.15, 0.2) is 5.82 Å². The number of allylic oxidation sites excluding steroid dienone is 5. The Hall–Kier alpha value is -4.47. The zero-order valence-electron chi connectivity index (χ0n) is 21.9. The van der Waals surface area contributed by atoms with E-state index in [1.54, 1.807) is 38.1 Å². The Morgan fingerprint density at radius 2 is 1.90 bits per heavy atom. The van der Waals surface area contributed by atoms with Gasteiger partial charge in [0, 0.05) is 25.0 Å². The first-order valence-electron chi connectivity index (χ1n) is 12.5. The maximum Gasteiger partial charge on any atom is 0.303 e. The Morgan fingerprint density at radius 3 is 2.56 bits per heavy atom. The molecule has 2 heterocycles.